The van der Waals surface area contributed by atoms with Crippen molar-refractivity contribution in [2.75, 3.05) is 0 Å². The highest BCUT2D eigenvalue weighted by atomic mass is 32.1. The molecule has 1 aliphatic heterocycles. The van der Waals surface area contributed by atoms with Crippen LogP contribution in [0.1, 0.15) is 27.7 Å². The second-order valence-corrected chi connectivity index (χ2v) is 14.0. The molecule has 0 atom stereocenters. The summed E-state index contributed by atoms with van der Waals surface area (Å²) in [5, 5.41) is 1.17. The van der Waals surface area contributed by atoms with Crippen LogP contribution in [0.25, 0.3) is 65.2 Å². The van der Waals surface area contributed by atoms with Crippen molar-refractivity contribution in [1.29, 1.82) is 0 Å². The standard InChI is InChI=1S/C40H33BN2O2S/c1-39(2)40(3,4)45-41(44-39)32-17-11-16-31(25-32)30-15-10-14-29(24-30)26-20-22-28(23-21-26)38-42-35(27-12-6-5-7-13-27)37-36(43-38)33-18-8-9-19-34(33)46-37/h5-25H,1-4H3. The van der Waals surface area contributed by atoms with Gasteiger partial charge in [-0.1, -0.05) is 115 Å². The summed E-state index contributed by atoms with van der Waals surface area (Å²) in [6, 6.07) is 44.6. The van der Waals surface area contributed by atoms with Gasteiger partial charge in [0.25, 0.3) is 0 Å². The van der Waals surface area contributed by atoms with Gasteiger partial charge in [-0.15, -0.1) is 11.3 Å². The first-order valence-corrected chi connectivity index (χ1v) is 16.5. The lowest BCUT2D eigenvalue weighted by Crippen LogP contribution is -2.41. The van der Waals surface area contributed by atoms with E-state index in [1.165, 1.54) is 10.1 Å². The van der Waals surface area contributed by atoms with Crippen LogP contribution in [0, 0.1) is 0 Å². The summed E-state index contributed by atoms with van der Waals surface area (Å²) in [7, 11) is -0.392. The fourth-order valence-corrected chi connectivity index (χ4v) is 7.20. The number of aromatic nitrogens is 2. The Morgan fingerprint density at radius 3 is 1.87 bits per heavy atom. The Balaban J connectivity index is 1.13. The molecule has 1 saturated heterocycles. The fraction of sp³-hybridized carbons (Fsp3) is 0.150. The Morgan fingerprint density at radius 2 is 1.13 bits per heavy atom. The monoisotopic (exact) mass is 616 g/mol. The van der Waals surface area contributed by atoms with Crippen LogP contribution in [0.4, 0.5) is 0 Å². The molecule has 3 heterocycles. The molecule has 0 spiro atoms. The van der Waals surface area contributed by atoms with Gasteiger partial charge in [0.15, 0.2) is 5.82 Å². The highest BCUT2D eigenvalue weighted by molar-refractivity contribution is 7.26. The van der Waals surface area contributed by atoms with Crippen molar-refractivity contribution in [3.8, 4) is 44.9 Å². The fourth-order valence-electron chi connectivity index (χ4n) is 6.05. The van der Waals surface area contributed by atoms with Gasteiger partial charge in [0.05, 0.1) is 27.1 Å². The zero-order chi connectivity index (χ0) is 31.5. The van der Waals surface area contributed by atoms with Gasteiger partial charge in [-0.25, -0.2) is 9.97 Å². The third kappa shape index (κ3) is 5.03. The highest BCUT2D eigenvalue weighted by Gasteiger charge is 2.51. The molecule has 1 aliphatic rings. The molecule has 0 bridgehead atoms. The summed E-state index contributed by atoms with van der Waals surface area (Å²) >= 11 is 1.75. The van der Waals surface area contributed by atoms with Crippen molar-refractivity contribution >= 4 is 44.2 Å². The molecule has 7 aromatic rings. The first kappa shape index (κ1) is 28.8. The summed E-state index contributed by atoms with van der Waals surface area (Å²) in [4.78, 5) is 10.2. The Bertz CT molecular complexity index is 2210. The van der Waals surface area contributed by atoms with E-state index in [-0.39, 0.29) is 11.2 Å². The lowest BCUT2D eigenvalue weighted by molar-refractivity contribution is 0.00578. The predicted molar refractivity (Wildman–Crippen MR) is 192 cm³/mol. The maximum atomic E-state index is 6.32. The summed E-state index contributed by atoms with van der Waals surface area (Å²) in [6.45, 7) is 8.34. The molecule has 6 heteroatoms. The minimum atomic E-state index is -0.392. The van der Waals surface area contributed by atoms with Gasteiger partial charge >= 0.3 is 7.12 Å². The first-order chi connectivity index (χ1) is 22.3. The van der Waals surface area contributed by atoms with Crippen LogP contribution in [0.5, 0.6) is 0 Å². The number of hydrogen-bond donors (Lipinski definition) is 0. The van der Waals surface area contributed by atoms with Crippen molar-refractivity contribution in [2.45, 2.75) is 38.9 Å². The van der Waals surface area contributed by atoms with Gasteiger partial charge in [-0.3, -0.25) is 0 Å². The van der Waals surface area contributed by atoms with E-state index < -0.39 is 7.12 Å². The molecule has 224 valence electrons. The smallest absolute Gasteiger partial charge is 0.399 e. The lowest BCUT2D eigenvalue weighted by atomic mass is 9.78. The Labute approximate surface area is 273 Å². The summed E-state index contributed by atoms with van der Waals surface area (Å²) < 4.78 is 15.0. The zero-order valence-electron chi connectivity index (χ0n) is 26.3. The molecule has 0 aliphatic carbocycles. The summed E-state index contributed by atoms with van der Waals surface area (Å²) in [5.41, 5.74) is 8.89. The normalized spacial score (nSPS) is 15.5. The van der Waals surface area contributed by atoms with E-state index in [0.29, 0.717) is 0 Å². The third-order valence-electron chi connectivity index (χ3n) is 9.35. The maximum Gasteiger partial charge on any atom is 0.494 e. The number of nitrogens with zero attached hydrogens (tertiary/aromatic N) is 2. The Morgan fingerprint density at radius 1 is 0.543 bits per heavy atom. The largest absolute Gasteiger partial charge is 0.494 e. The molecule has 1 fully saturated rings. The minimum absolute atomic E-state index is 0.378. The average Bonchev–Trinajstić information content (AvgIpc) is 3.57. The second kappa shape index (κ2) is 11.0. The van der Waals surface area contributed by atoms with Crippen molar-refractivity contribution in [2.24, 2.45) is 0 Å². The molecule has 0 saturated carbocycles. The van der Waals surface area contributed by atoms with E-state index in [2.05, 4.69) is 149 Å². The van der Waals surface area contributed by atoms with Crippen molar-refractivity contribution in [1.82, 2.24) is 9.97 Å². The molecule has 8 rings (SSSR count). The molecule has 0 amide bonds. The third-order valence-corrected chi connectivity index (χ3v) is 10.5. The number of hydrogen-bond acceptors (Lipinski definition) is 5. The van der Waals surface area contributed by atoms with Crippen molar-refractivity contribution in [3.63, 3.8) is 0 Å². The predicted octanol–water partition coefficient (Wildman–Crippen LogP) is 9.81. The lowest BCUT2D eigenvalue weighted by Gasteiger charge is -2.32. The number of benzene rings is 5. The molecule has 5 aromatic carbocycles. The van der Waals surface area contributed by atoms with E-state index in [1.54, 1.807) is 11.3 Å². The molecule has 46 heavy (non-hydrogen) atoms. The molecule has 0 radical (unpaired) electrons. The van der Waals surface area contributed by atoms with E-state index in [4.69, 9.17) is 19.3 Å². The molecule has 0 N–H and O–H groups in total. The minimum Gasteiger partial charge on any atom is -0.399 e. The number of fused-ring (bicyclic) bond motifs is 3. The van der Waals surface area contributed by atoms with Gasteiger partial charge < -0.3 is 9.31 Å². The van der Waals surface area contributed by atoms with Gasteiger partial charge in [0.1, 0.15) is 0 Å². The SMILES string of the molecule is CC1(C)OB(c2cccc(-c3cccc(-c4ccc(-c5nc(-c6ccccc6)c6sc7ccccc7c6n5)cc4)c3)c2)OC1(C)C. The Hall–Kier alpha value is -4.62. The summed E-state index contributed by atoms with van der Waals surface area (Å²) in [6.07, 6.45) is 0. The van der Waals surface area contributed by atoms with Crippen molar-refractivity contribution in [3.05, 3.63) is 127 Å². The number of thiophene rings is 1. The van der Waals surface area contributed by atoms with Crippen LogP contribution in [0.3, 0.4) is 0 Å². The molecule has 4 nitrogen and oxygen atoms in total. The van der Waals surface area contributed by atoms with Crippen LogP contribution in [0.15, 0.2) is 127 Å². The van der Waals surface area contributed by atoms with Gasteiger partial charge in [0.2, 0.25) is 0 Å². The van der Waals surface area contributed by atoms with Gasteiger partial charge in [-0.2, -0.15) is 0 Å². The van der Waals surface area contributed by atoms with E-state index in [1.807, 2.05) is 6.07 Å². The van der Waals surface area contributed by atoms with Crippen molar-refractivity contribution < 1.29 is 9.31 Å². The Kier molecular flexibility index (Phi) is 6.91. The van der Waals surface area contributed by atoms with E-state index in [0.717, 1.165) is 60.6 Å². The van der Waals surface area contributed by atoms with E-state index in [9.17, 15) is 0 Å². The quantitative estimate of drug-likeness (QED) is 0.181. The van der Waals surface area contributed by atoms with Crippen LogP contribution in [0.2, 0.25) is 0 Å². The molecular weight excluding hydrogens is 583 g/mol. The molecular formula is C40H33BN2O2S. The molecule has 0 unspecified atom stereocenters. The first-order valence-electron chi connectivity index (χ1n) is 15.7. The summed E-state index contributed by atoms with van der Waals surface area (Å²) in [5.74, 6) is 0.731. The van der Waals surface area contributed by atoms with Crippen LogP contribution < -0.4 is 5.46 Å². The number of rotatable bonds is 5. The second-order valence-electron chi connectivity index (χ2n) is 12.9. The van der Waals surface area contributed by atoms with Gasteiger partial charge in [0, 0.05) is 21.2 Å². The van der Waals surface area contributed by atoms with Crippen LogP contribution in [-0.2, 0) is 9.31 Å². The van der Waals surface area contributed by atoms with E-state index >= 15 is 0 Å². The highest BCUT2D eigenvalue weighted by Crippen LogP contribution is 2.40. The average molecular weight is 617 g/mol. The zero-order valence-corrected chi connectivity index (χ0v) is 27.1. The van der Waals surface area contributed by atoms with Gasteiger partial charge in [-0.05, 0) is 67.5 Å². The van der Waals surface area contributed by atoms with Crippen LogP contribution in [-0.4, -0.2) is 28.3 Å². The molecule has 2 aromatic heterocycles. The topological polar surface area (TPSA) is 44.2 Å². The van der Waals surface area contributed by atoms with Crippen LogP contribution >= 0.6 is 11.3 Å². The maximum absolute atomic E-state index is 6.32.